The zero-order chi connectivity index (χ0) is 19.2. The van der Waals surface area contributed by atoms with E-state index in [9.17, 15) is 0 Å². The van der Waals surface area contributed by atoms with Crippen LogP contribution in [0.4, 0.5) is 5.82 Å². The molecule has 0 bridgehead atoms. The van der Waals surface area contributed by atoms with Gasteiger partial charge in [0.15, 0.2) is 10.8 Å². The average Bonchev–Trinajstić information content (AvgIpc) is 3.17. The molecule has 0 unspecified atom stereocenters. The first-order valence-corrected chi connectivity index (χ1v) is 10.4. The molecule has 0 saturated heterocycles. The molecular weight excluding hydrogens is 366 g/mol. The van der Waals surface area contributed by atoms with Gasteiger partial charge in [0.25, 0.3) is 0 Å². The number of nitrogens with zero attached hydrogens (tertiary/aromatic N) is 4. The van der Waals surface area contributed by atoms with E-state index in [4.69, 9.17) is 0 Å². The zero-order valence-electron chi connectivity index (χ0n) is 15.6. The van der Waals surface area contributed by atoms with Gasteiger partial charge in [0, 0.05) is 12.7 Å². The van der Waals surface area contributed by atoms with Gasteiger partial charge in [-0.1, -0.05) is 72.4 Å². The van der Waals surface area contributed by atoms with Gasteiger partial charge in [-0.3, -0.25) is 0 Å². The van der Waals surface area contributed by atoms with Crippen molar-refractivity contribution in [2.75, 3.05) is 18.1 Å². The molecule has 4 rings (SSSR count). The summed E-state index contributed by atoms with van der Waals surface area (Å²) in [5.41, 5.74) is 3.21. The Hall–Kier alpha value is -3.12. The summed E-state index contributed by atoms with van der Waals surface area (Å²) in [6.45, 7) is 0.801. The Kier molecular flexibility index (Phi) is 5.68. The smallest absolute Gasteiger partial charge is 0.191 e. The molecule has 2 heterocycles. The third-order valence-corrected chi connectivity index (χ3v) is 4.92. The minimum Gasteiger partial charge on any atom is -0.369 e. The minimum atomic E-state index is 0.726. The molecule has 28 heavy (non-hydrogen) atoms. The van der Waals surface area contributed by atoms with E-state index >= 15 is 0 Å². The first kappa shape index (κ1) is 18.3. The summed E-state index contributed by atoms with van der Waals surface area (Å²) in [5.74, 6) is 0.824. The molecule has 0 aliphatic heterocycles. The first-order chi connectivity index (χ1) is 13.8. The third kappa shape index (κ3) is 4.23. The van der Waals surface area contributed by atoms with Crippen LogP contribution in [0.3, 0.4) is 0 Å². The maximum atomic E-state index is 4.65. The monoisotopic (exact) mass is 387 g/mol. The number of aromatic nitrogens is 4. The van der Waals surface area contributed by atoms with Crippen LogP contribution in [0.15, 0.2) is 72.0 Å². The van der Waals surface area contributed by atoms with Gasteiger partial charge < -0.3 is 5.32 Å². The Morgan fingerprint density at radius 1 is 1.00 bits per heavy atom. The lowest BCUT2D eigenvalue weighted by Crippen LogP contribution is -2.08. The lowest BCUT2D eigenvalue weighted by molar-refractivity contribution is 0.915. The van der Waals surface area contributed by atoms with Crippen molar-refractivity contribution in [3.63, 3.8) is 0 Å². The second-order valence-corrected chi connectivity index (χ2v) is 7.05. The molecule has 6 heteroatoms. The van der Waals surface area contributed by atoms with Crippen LogP contribution in [0.1, 0.15) is 11.1 Å². The van der Waals surface area contributed by atoms with Gasteiger partial charge in [-0.05, 0) is 29.9 Å². The highest BCUT2D eigenvalue weighted by atomic mass is 32.2. The highest BCUT2D eigenvalue weighted by Gasteiger charge is 2.11. The molecule has 0 aliphatic rings. The lowest BCUT2D eigenvalue weighted by Gasteiger charge is -2.08. The molecule has 0 spiro atoms. The number of hydrogen-bond acceptors (Lipinski definition) is 5. The molecule has 0 atom stereocenters. The number of thioether (sulfide) groups is 1. The Labute approximate surface area is 168 Å². The van der Waals surface area contributed by atoms with Crippen LogP contribution in [0.5, 0.6) is 0 Å². The summed E-state index contributed by atoms with van der Waals surface area (Å²) in [6.07, 6.45) is 8.69. The Balaban J connectivity index is 1.58. The van der Waals surface area contributed by atoms with E-state index in [0.717, 1.165) is 40.5 Å². The van der Waals surface area contributed by atoms with Crippen LogP contribution < -0.4 is 5.32 Å². The van der Waals surface area contributed by atoms with Crippen LogP contribution in [-0.4, -0.2) is 32.5 Å². The highest BCUT2D eigenvalue weighted by Crippen LogP contribution is 2.24. The molecule has 0 saturated carbocycles. The van der Waals surface area contributed by atoms with Crippen LogP contribution in [0.2, 0.25) is 0 Å². The van der Waals surface area contributed by atoms with Crippen molar-refractivity contribution in [1.82, 2.24) is 19.7 Å². The summed E-state index contributed by atoms with van der Waals surface area (Å²) in [7, 11) is 0. The normalized spacial score (nSPS) is 11.3. The molecular formula is C22H21N5S. The molecule has 1 N–H and O–H groups in total. The molecule has 0 fully saturated rings. The number of hydrogen-bond donors (Lipinski definition) is 1. The van der Waals surface area contributed by atoms with Gasteiger partial charge in [0.05, 0.1) is 11.6 Å². The van der Waals surface area contributed by atoms with Crippen LogP contribution in [-0.2, 0) is 6.42 Å². The number of rotatable bonds is 7. The predicted octanol–water partition coefficient (Wildman–Crippen LogP) is 4.83. The van der Waals surface area contributed by atoms with Crippen LogP contribution >= 0.6 is 11.8 Å². The Morgan fingerprint density at radius 3 is 2.50 bits per heavy atom. The van der Waals surface area contributed by atoms with E-state index in [1.54, 1.807) is 4.68 Å². The SMILES string of the molecule is CSc1nc(NCCc2ccccc2)c2cnn(/C=C/c3ccccc3)c2n1. The fourth-order valence-corrected chi connectivity index (χ4v) is 3.29. The topological polar surface area (TPSA) is 55.6 Å². The van der Waals surface area contributed by atoms with E-state index in [-0.39, 0.29) is 0 Å². The average molecular weight is 388 g/mol. The number of fused-ring (bicyclic) bond motifs is 1. The van der Waals surface area contributed by atoms with Crippen molar-refractivity contribution in [1.29, 1.82) is 0 Å². The number of benzene rings is 2. The quantitative estimate of drug-likeness (QED) is 0.364. The molecule has 2 aromatic heterocycles. The van der Waals surface area contributed by atoms with Crippen LogP contribution in [0.25, 0.3) is 23.3 Å². The molecule has 0 radical (unpaired) electrons. The molecule has 2 aromatic carbocycles. The number of anilines is 1. The second-order valence-electron chi connectivity index (χ2n) is 6.27. The summed E-state index contributed by atoms with van der Waals surface area (Å²) in [4.78, 5) is 9.30. The molecule has 5 nitrogen and oxygen atoms in total. The zero-order valence-corrected chi connectivity index (χ0v) is 16.4. The van der Waals surface area contributed by atoms with Crippen molar-refractivity contribution >= 4 is 40.9 Å². The van der Waals surface area contributed by atoms with Crippen LogP contribution in [0, 0.1) is 0 Å². The van der Waals surface area contributed by atoms with Gasteiger partial charge in [-0.25, -0.2) is 14.6 Å². The fourth-order valence-electron chi connectivity index (χ4n) is 2.93. The summed E-state index contributed by atoms with van der Waals surface area (Å²) >= 11 is 1.53. The van der Waals surface area contributed by atoms with Gasteiger partial charge in [0.1, 0.15) is 5.82 Å². The van der Waals surface area contributed by atoms with E-state index < -0.39 is 0 Å². The standard InChI is InChI=1S/C22H21N5S/c1-28-22-25-20(23-14-12-17-8-4-2-5-9-17)19-16-24-27(21(19)26-22)15-13-18-10-6-3-7-11-18/h2-11,13,15-16H,12,14H2,1H3,(H,23,25,26)/b15-13+. The fraction of sp³-hybridized carbons (Fsp3) is 0.136. The highest BCUT2D eigenvalue weighted by molar-refractivity contribution is 7.98. The van der Waals surface area contributed by atoms with Gasteiger partial charge >= 0.3 is 0 Å². The molecule has 140 valence electrons. The van der Waals surface area contributed by atoms with Gasteiger partial charge in [-0.2, -0.15) is 5.10 Å². The molecule has 0 amide bonds. The maximum Gasteiger partial charge on any atom is 0.191 e. The summed E-state index contributed by atoms with van der Waals surface area (Å²) in [5, 5.41) is 9.59. The first-order valence-electron chi connectivity index (χ1n) is 9.14. The largest absolute Gasteiger partial charge is 0.369 e. The van der Waals surface area contributed by atoms with Crippen molar-refractivity contribution in [2.45, 2.75) is 11.6 Å². The summed E-state index contributed by atoms with van der Waals surface area (Å²) in [6, 6.07) is 20.6. The van der Waals surface area contributed by atoms with Crippen molar-refractivity contribution in [2.24, 2.45) is 0 Å². The van der Waals surface area contributed by atoms with Gasteiger partial charge in [-0.15, -0.1) is 0 Å². The minimum absolute atomic E-state index is 0.726. The van der Waals surface area contributed by atoms with Crippen molar-refractivity contribution in [3.05, 3.63) is 78.0 Å². The van der Waals surface area contributed by atoms with E-state index in [1.165, 1.54) is 17.3 Å². The van der Waals surface area contributed by atoms with Crippen molar-refractivity contribution < 1.29 is 0 Å². The Bertz CT molecular complexity index is 1070. The van der Waals surface area contributed by atoms with E-state index in [0.29, 0.717) is 0 Å². The van der Waals surface area contributed by atoms with E-state index in [1.807, 2.05) is 49.0 Å². The number of nitrogens with one attached hydrogen (secondary N) is 1. The summed E-state index contributed by atoms with van der Waals surface area (Å²) < 4.78 is 1.80. The lowest BCUT2D eigenvalue weighted by atomic mass is 10.1. The predicted molar refractivity (Wildman–Crippen MR) is 117 cm³/mol. The molecule has 4 aromatic rings. The van der Waals surface area contributed by atoms with Gasteiger partial charge in [0.2, 0.25) is 0 Å². The third-order valence-electron chi connectivity index (χ3n) is 4.37. The van der Waals surface area contributed by atoms with E-state index in [2.05, 4.69) is 56.8 Å². The Morgan fingerprint density at radius 2 is 1.75 bits per heavy atom. The second kappa shape index (κ2) is 8.71. The molecule has 0 aliphatic carbocycles. The van der Waals surface area contributed by atoms with Crippen molar-refractivity contribution in [3.8, 4) is 0 Å². The maximum absolute atomic E-state index is 4.65.